The maximum atomic E-state index is 12.9. The van der Waals surface area contributed by atoms with E-state index in [2.05, 4.69) is 10.6 Å². The predicted molar refractivity (Wildman–Crippen MR) is 69.3 cm³/mol. The molecule has 4 nitrogen and oxygen atoms in total. The van der Waals surface area contributed by atoms with Crippen LogP contribution in [0.5, 0.6) is 0 Å². The van der Waals surface area contributed by atoms with Gasteiger partial charge in [0.2, 0.25) is 5.91 Å². The third-order valence-electron chi connectivity index (χ3n) is 2.98. The first kappa shape index (κ1) is 13.3. The van der Waals surface area contributed by atoms with Crippen molar-refractivity contribution in [3.05, 3.63) is 29.0 Å². The predicted octanol–water partition coefficient (Wildman–Crippen LogP) is 1.32. The molecule has 0 saturated carbocycles. The zero-order valence-corrected chi connectivity index (χ0v) is 10.8. The summed E-state index contributed by atoms with van der Waals surface area (Å²) < 4.78 is 12.9. The number of nitrogens with zero attached hydrogens (tertiary/aromatic N) is 1. The Bertz CT molecular complexity index is 451. The number of amides is 1. The molecule has 98 valence electrons. The molecule has 2 N–H and O–H groups in total. The summed E-state index contributed by atoms with van der Waals surface area (Å²) in [4.78, 5) is 13.7. The highest BCUT2D eigenvalue weighted by atomic mass is 35.5. The van der Waals surface area contributed by atoms with Crippen LogP contribution in [-0.2, 0) is 4.79 Å². The smallest absolute Gasteiger partial charge is 0.238 e. The minimum absolute atomic E-state index is 0.00403. The van der Waals surface area contributed by atoms with E-state index >= 15 is 0 Å². The molecule has 0 aliphatic carbocycles. The summed E-state index contributed by atoms with van der Waals surface area (Å²) in [7, 11) is 1.91. The number of carbonyl (C=O) groups excluding carboxylic acids is 1. The van der Waals surface area contributed by atoms with Crippen LogP contribution >= 0.6 is 11.6 Å². The summed E-state index contributed by atoms with van der Waals surface area (Å²) in [6.45, 7) is 2.12. The number of hydrogen-bond acceptors (Lipinski definition) is 3. The van der Waals surface area contributed by atoms with Crippen LogP contribution in [0.1, 0.15) is 0 Å². The Labute approximate surface area is 110 Å². The fourth-order valence-corrected chi connectivity index (χ4v) is 1.90. The van der Waals surface area contributed by atoms with Crippen LogP contribution in [0.4, 0.5) is 10.1 Å². The van der Waals surface area contributed by atoms with Crippen molar-refractivity contribution in [3.63, 3.8) is 0 Å². The molecule has 2 rings (SSSR count). The molecule has 0 radical (unpaired) electrons. The number of likely N-dealkylation sites (N-methyl/N-ethyl adjacent to an activating group) is 1. The van der Waals surface area contributed by atoms with E-state index in [0.717, 1.165) is 13.1 Å². The van der Waals surface area contributed by atoms with Crippen molar-refractivity contribution in [2.75, 3.05) is 32.0 Å². The molecular formula is C12H15ClFN3O. The van der Waals surface area contributed by atoms with Crippen LogP contribution < -0.4 is 10.6 Å². The maximum Gasteiger partial charge on any atom is 0.238 e. The normalized spacial score (nSPS) is 15.6. The summed E-state index contributed by atoms with van der Waals surface area (Å²) in [6.07, 6.45) is 0. The number of anilines is 1. The zero-order chi connectivity index (χ0) is 13.1. The first-order valence-electron chi connectivity index (χ1n) is 5.72. The lowest BCUT2D eigenvalue weighted by molar-refractivity contribution is -0.117. The first-order chi connectivity index (χ1) is 8.56. The molecule has 1 aromatic carbocycles. The largest absolute Gasteiger partial charge is 0.325 e. The molecule has 1 heterocycles. The standard InChI is InChI=1S/C12H15ClFN3O/c1-17(9-5-15-6-9)7-12(18)16-8-2-3-11(14)10(13)4-8/h2-4,9,15H,5-7H2,1H3,(H,16,18). The van der Waals surface area contributed by atoms with E-state index in [-0.39, 0.29) is 10.9 Å². The minimum atomic E-state index is -0.493. The van der Waals surface area contributed by atoms with Gasteiger partial charge in [0.1, 0.15) is 5.82 Å². The Kier molecular flexibility index (Phi) is 4.16. The number of carbonyl (C=O) groups is 1. The molecule has 1 aliphatic heterocycles. The van der Waals surface area contributed by atoms with E-state index in [1.807, 2.05) is 11.9 Å². The van der Waals surface area contributed by atoms with Gasteiger partial charge in [0.25, 0.3) is 0 Å². The molecule has 1 fully saturated rings. The van der Waals surface area contributed by atoms with E-state index < -0.39 is 5.82 Å². The van der Waals surface area contributed by atoms with E-state index in [9.17, 15) is 9.18 Å². The zero-order valence-electron chi connectivity index (χ0n) is 10.0. The Morgan fingerprint density at radius 1 is 1.61 bits per heavy atom. The number of rotatable bonds is 4. The van der Waals surface area contributed by atoms with Gasteiger partial charge in [-0.05, 0) is 25.2 Å². The monoisotopic (exact) mass is 271 g/mol. The lowest BCUT2D eigenvalue weighted by Gasteiger charge is -2.35. The van der Waals surface area contributed by atoms with Gasteiger partial charge in [-0.1, -0.05) is 11.6 Å². The van der Waals surface area contributed by atoms with Gasteiger partial charge in [-0.3, -0.25) is 9.69 Å². The van der Waals surface area contributed by atoms with Crippen molar-refractivity contribution in [3.8, 4) is 0 Å². The molecule has 18 heavy (non-hydrogen) atoms. The third kappa shape index (κ3) is 3.19. The Morgan fingerprint density at radius 2 is 2.33 bits per heavy atom. The summed E-state index contributed by atoms with van der Waals surface area (Å²) >= 11 is 5.64. The van der Waals surface area contributed by atoms with Gasteiger partial charge in [0, 0.05) is 24.8 Å². The van der Waals surface area contributed by atoms with Gasteiger partial charge in [-0.25, -0.2) is 4.39 Å². The van der Waals surface area contributed by atoms with Crippen LogP contribution in [0, 0.1) is 5.82 Å². The van der Waals surface area contributed by atoms with Crippen molar-refractivity contribution >= 4 is 23.2 Å². The topological polar surface area (TPSA) is 44.4 Å². The van der Waals surface area contributed by atoms with E-state index in [4.69, 9.17) is 11.6 Å². The van der Waals surface area contributed by atoms with Crippen LogP contribution in [0.2, 0.25) is 5.02 Å². The van der Waals surface area contributed by atoms with E-state index in [1.165, 1.54) is 18.2 Å². The highest BCUT2D eigenvalue weighted by Crippen LogP contribution is 2.19. The van der Waals surface area contributed by atoms with Crippen molar-refractivity contribution in [1.29, 1.82) is 0 Å². The fraction of sp³-hybridized carbons (Fsp3) is 0.417. The Hall–Kier alpha value is -1.17. The molecule has 1 saturated heterocycles. The molecule has 1 amide bonds. The highest BCUT2D eigenvalue weighted by molar-refractivity contribution is 6.31. The number of nitrogens with one attached hydrogen (secondary N) is 2. The van der Waals surface area contributed by atoms with Gasteiger partial charge in [-0.2, -0.15) is 0 Å². The SMILES string of the molecule is CN(CC(=O)Nc1ccc(F)c(Cl)c1)C1CNC1. The second-order valence-electron chi connectivity index (χ2n) is 4.40. The average molecular weight is 272 g/mol. The summed E-state index contributed by atoms with van der Waals surface area (Å²) in [5, 5.41) is 5.84. The molecule has 0 spiro atoms. The van der Waals surface area contributed by atoms with Crippen molar-refractivity contribution in [1.82, 2.24) is 10.2 Å². The quantitative estimate of drug-likeness (QED) is 0.868. The number of benzene rings is 1. The number of halogens is 2. The minimum Gasteiger partial charge on any atom is -0.325 e. The molecule has 0 unspecified atom stereocenters. The molecule has 0 aromatic heterocycles. The summed E-state index contributed by atoms with van der Waals surface area (Å²) in [5.41, 5.74) is 0.506. The molecule has 0 bridgehead atoms. The van der Waals surface area contributed by atoms with Gasteiger partial charge in [0.05, 0.1) is 11.6 Å². The van der Waals surface area contributed by atoms with Gasteiger partial charge < -0.3 is 10.6 Å². The van der Waals surface area contributed by atoms with Crippen LogP contribution in [0.3, 0.4) is 0 Å². The highest BCUT2D eigenvalue weighted by Gasteiger charge is 2.22. The molecular weight excluding hydrogens is 257 g/mol. The van der Waals surface area contributed by atoms with Gasteiger partial charge in [-0.15, -0.1) is 0 Å². The molecule has 1 aromatic rings. The first-order valence-corrected chi connectivity index (χ1v) is 6.10. The van der Waals surface area contributed by atoms with Crippen molar-refractivity contribution in [2.24, 2.45) is 0 Å². The maximum absolute atomic E-state index is 12.9. The summed E-state index contributed by atoms with van der Waals surface area (Å²) in [5.74, 6) is -0.626. The van der Waals surface area contributed by atoms with Crippen molar-refractivity contribution in [2.45, 2.75) is 6.04 Å². The molecule has 6 heteroatoms. The Morgan fingerprint density at radius 3 is 2.89 bits per heavy atom. The summed E-state index contributed by atoms with van der Waals surface area (Å²) in [6, 6.07) is 4.54. The van der Waals surface area contributed by atoms with Crippen LogP contribution in [0.25, 0.3) is 0 Å². The molecule has 1 aliphatic rings. The second kappa shape index (κ2) is 5.65. The lowest BCUT2D eigenvalue weighted by atomic mass is 10.1. The van der Waals surface area contributed by atoms with Crippen LogP contribution in [-0.4, -0.2) is 43.5 Å². The van der Waals surface area contributed by atoms with Gasteiger partial charge in [0.15, 0.2) is 0 Å². The van der Waals surface area contributed by atoms with Crippen molar-refractivity contribution < 1.29 is 9.18 Å². The van der Waals surface area contributed by atoms with E-state index in [1.54, 1.807) is 0 Å². The lowest BCUT2D eigenvalue weighted by Crippen LogP contribution is -2.57. The average Bonchev–Trinajstić information content (AvgIpc) is 2.20. The van der Waals surface area contributed by atoms with E-state index in [0.29, 0.717) is 18.3 Å². The second-order valence-corrected chi connectivity index (χ2v) is 4.81. The Balaban J connectivity index is 1.88. The van der Waals surface area contributed by atoms with Crippen LogP contribution in [0.15, 0.2) is 18.2 Å². The fourth-order valence-electron chi connectivity index (χ4n) is 1.72. The molecule has 0 atom stereocenters. The number of hydrogen-bond donors (Lipinski definition) is 2. The van der Waals surface area contributed by atoms with Gasteiger partial charge >= 0.3 is 0 Å². The third-order valence-corrected chi connectivity index (χ3v) is 3.27.